The van der Waals surface area contributed by atoms with Crippen molar-refractivity contribution in [2.45, 2.75) is 42.4 Å². The first-order chi connectivity index (χ1) is 8.95. The van der Waals surface area contributed by atoms with E-state index in [2.05, 4.69) is 20.7 Å². The number of halogens is 1. The van der Waals surface area contributed by atoms with E-state index in [4.69, 9.17) is 10.5 Å². The maximum atomic E-state index is 12.3. The van der Waals surface area contributed by atoms with Gasteiger partial charge in [-0.25, -0.2) is 13.1 Å². The Morgan fingerprint density at radius 3 is 2.74 bits per heavy atom. The van der Waals surface area contributed by atoms with Crippen LogP contribution in [0.5, 0.6) is 0 Å². The highest BCUT2D eigenvalue weighted by molar-refractivity contribution is 9.10. The molecule has 0 radical (unpaired) electrons. The number of hydrogen-bond donors (Lipinski definition) is 2. The first kappa shape index (κ1) is 13.4. The van der Waals surface area contributed by atoms with Gasteiger partial charge in [-0.2, -0.15) is 0 Å². The largest absolute Gasteiger partial charge is 0.398 e. The lowest BCUT2D eigenvalue weighted by atomic mass is 9.96. The molecule has 3 rings (SSSR count). The van der Waals surface area contributed by atoms with Crippen LogP contribution in [0.15, 0.2) is 27.6 Å². The molecule has 7 heteroatoms. The lowest BCUT2D eigenvalue weighted by Gasteiger charge is -2.20. The average Bonchev–Trinajstić information content (AvgIpc) is 2.89. The van der Waals surface area contributed by atoms with Gasteiger partial charge in [0.2, 0.25) is 10.0 Å². The molecule has 104 valence electrons. The number of ether oxygens (including phenoxy) is 1. The average molecular weight is 347 g/mol. The number of fused-ring (bicyclic) bond motifs is 2. The molecule has 2 heterocycles. The van der Waals surface area contributed by atoms with Crippen LogP contribution in [-0.4, -0.2) is 26.7 Å². The Labute approximate surface area is 120 Å². The lowest BCUT2D eigenvalue weighted by molar-refractivity contribution is 0.0996. The van der Waals surface area contributed by atoms with Crippen molar-refractivity contribution in [3.05, 3.63) is 22.7 Å². The van der Waals surface area contributed by atoms with E-state index in [-0.39, 0.29) is 28.8 Å². The number of benzene rings is 1. The SMILES string of the molecule is Nc1cc(Br)ccc1S(=O)(=O)NC1CC2CCC1O2. The molecule has 0 amide bonds. The summed E-state index contributed by atoms with van der Waals surface area (Å²) in [6.07, 6.45) is 2.92. The zero-order valence-corrected chi connectivity index (χ0v) is 12.6. The van der Waals surface area contributed by atoms with Gasteiger partial charge in [0.15, 0.2) is 0 Å². The van der Waals surface area contributed by atoms with Crippen molar-refractivity contribution >= 4 is 31.6 Å². The number of sulfonamides is 1. The Bertz CT molecular complexity index is 605. The van der Waals surface area contributed by atoms with Crippen LogP contribution in [0.3, 0.4) is 0 Å². The van der Waals surface area contributed by atoms with Gasteiger partial charge in [-0.1, -0.05) is 15.9 Å². The topological polar surface area (TPSA) is 81.4 Å². The van der Waals surface area contributed by atoms with Crippen molar-refractivity contribution in [1.29, 1.82) is 0 Å². The summed E-state index contributed by atoms with van der Waals surface area (Å²) >= 11 is 3.26. The molecule has 5 nitrogen and oxygen atoms in total. The van der Waals surface area contributed by atoms with Crippen LogP contribution >= 0.6 is 15.9 Å². The van der Waals surface area contributed by atoms with Crippen molar-refractivity contribution in [2.75, 3.05) is 5.73 Å². The van der Waals surface area contributed by atoms with Gasteiger partial charge >= 0.3 is 0 Å². The Morgan fingerprint density at radius 2 is 2.16 bits per heavy atom. The normalized spacial score (nSPS) is 29.8. The molecule has 0 spiro atoms. The van der Waals surface area contributed by atoms with Crippen LogP contribution < -0.4 is 10.5 Å². The molecular formula is C12H15BrN2O3S. The molecule has 3 N–H and O–H groups in total. The molecule has 2 fully saturated rings. The number of nitrogens with one attached hydrogen (secondary N) is 1. The zero-order chi connectivity index (χ0) is 13.6. The van der Waals surface area contributed by atoms with Gasteiger partial charge in [-0.15, -0.1) is 0 Å². The summed E-state index contributed by atoms with van der Waals surface area (Å²) in [5.74, 6) is 0. The van der Waals surface area contributed by atoms with Gasteiger partial charge in [0, 0.05) is 4.47 Å². The zero-order valence-electron chi connectivity index (χ0n) is 10.2. The van der Waals surface area contributed by atoms with E-state index in [1.165, 1.54) is 6.07 Å². The third kappa shape index (κ3) is 2.52. The van der Waals surface area contributed by atoms with E-state index in [9.17, 15) is 8.42 Å². The Balaban J connectivity index is 1.83. The number of nitrogen functional groups attached to an aromatic ring is 1. The minimum atomic E-state index is -3.59. The smallest absolute Gasteiger partial charge is 0.242 e. The van der Waals surface area contributed by atoms with Gasteiger partial charge in [0.1, 0.15) is 4.90 Å². The second-order valence-corrected chi connectivity index (χ2v) is 7.62. The van der Waals surface area contributed by atoms with Crippen molar-refractivity contribution in [3.63, 3.8) is 0 Å². The second kappa shape index (κ2) is 4.73. The van der Waals surface area contributed by atoms with Crippen LogP contribution in [0.1, 0.15) is 19.3 Å². The van der Waals surface area contributed by atoms with E-state index < -0.39 is 10.0 Å². The van der Waals surface area contributed by atoms with E-state index in [0.717, 1.165) is 23.7 Å². The molecule has 1 aromatic rings. The predicted molar refractivity (Wildman–Crippen MR) is 75.2 cm³/mol. The monoisotopic (exact) mass is 346 g/mol. The van der Waals surface area contributed by atoms with Crippen LogP contribution in [0.2, 0.25) is 0 Å². The maximum absolute atomic E-state index is 12.3. The molecule has 3 atom stereocenters. The summed E-state index contributed by atoms with van der Waals surface area (Å²) in [6, 6.07) is 4.64. The molecular weight excluding hydrogens is 332 g/mol. The van der Waals surface area contributed by atoms with Gasteiger partial charge in [0.05, 0.1) is 23.9 Å². The quantitative estimate of drug-likeness (QED) is 0.815. The van der Waals surface area contributed by atoms with Crippen LogP contribution in [-0.2, 0) is 14.8 Å². The van der Waals surface area contributed by atoms with Gasteiger partial charge in [-0.3, -0.25) is 0 Å². The summed E-state index contributed by atoms with van der Waals surface area (Å²) in [5, 5.41) is 0. The first-order valence-electron chi connectivity index (χ1n) is 6.18. The van der Waals surface area contributed by atoms with Crippen LogP contribution in [0.25, 0.3) is 0 Å². The fraction of sp³-hybridized carbons (Fsp3) is 0.500. The molecule has 2 saturated heterocycles. The minimum Gasteiger partial charge on any atom is -0.398 e. The number of hydrogen-bond acceptors (Lipinski definition) is 4. The standard InChI is InChI=1S/C12H15BrN2O3S/c13-7-1-4-12(9(14)5-7)19(16,17)15-10-6-8-2-3-11(10)18-8/h1,4-5,8,10-11,15H,2-3,6,14H2. The first-order valence-corrected chi connectivity index (χ1v) is 8.46. The highest BCUT2D eigenvalue weighted by atomic mass is 79.9. The molecule has 3 unspecified atom stereocenters. The minimum absolute atomic E-state index is 0.0106. The molecule has 0 aliphatic carbocycles. The molecule has 19 heavy (non-hydrogen) atoms. The molecule has 0 saturated carbocycles. The third-order valence-corrected chi connectivity index (χ3v) is 5.73. The fourth-order valence-electron chi connectivity index (χ4n) is 2.79. The van der Waals surface area contributed by atoms with E-state index >= 15 is 0 Å². The summed E-state index contributed by atoms with van der Waals surface area (Å²) in [4.78, 5) is 0.124. The van der Waals surface area contributed by atoms with Gasteiger partial charge < -0.3 is 10.5 Å². The molecule has 2 aliphatic rings. The number of nitrogens with two attached hydrogens (primary N) is 1. The maximum Gasteiger partial charge on any atom is 0.242 e. The van der Waals surface area contributed by atoms with Crippen molar-refractivity contribution in [3.8, 4) is 0 Å². The third-order valence-electron chi connectivity index (χ3n) is 3.67. The van der Waals surface area contributed by atoms with Crippen LogP contribution in [0.4, 0.5) is 5.69 Å². The molecule has 2 bridgehead atoms. The Morgan fingerprint density at radius 1 is 1.37 bits per heavy atom. The highest BCUT2D eigenvalue weighted by Gasteiger charge is 2.42. The summed E-state index contributed by atoms with van der Waals surface area (Å²) in [6.45, 7) is 0. The summed E-state index contributed by atoms with van der Waals surface area (Å²) in [7, 11) is -3.59. The van der Waals surface area contributed by atoms with Gasteiger partial charge in [-0.05, 0) is 37.5 Å². The number of anilines is 1. The van der Waals surface area contributed by atoms with Crippen molar-refractivity contribution in [1.82, 2.24) is 4.72 Å². The predicted octanol–water partition coefficient (Wildman–Crippen LogP) is 1.63. The van der Waals surface area contributed by atoms with E-state index in [1.54, 1.807) is 12.1 Å². The second-order valence-electron chi connectivity index (χ2n) is 5.02. The Hall–Kier alpha value is -0.630. The lowest BCUT2D eigenvalue weighted by Crippen LogP contribution is -2.41. The number of rotatable bonds is 3. The molecule has 1 aromatic carbocycles. The summed E-state index contributed by atoms with van der Waals surface area (Å²) < 4.78 is 33.8. The molecule has 2 aliphatic heterocycles. The van der Waals surface area contributed by atoms with Crippen molar-refractivity contribution in [2.24, 2.45) is 0 Å². The highest BCUT2D eigenvalue weighted by Crippen LogP contribution is 2.35. The van der Waals surface area contributed by atoms with Gasteiger partial charge in [0.25, 0.3) is 0 Å². The fourth-order valence-corrected chi connectivity index (χ4v) is 4.56. The molecule has 0 aromatic heterocycles. The van der Waals surface area contributed by atoms with E-state index in [1.807, 2.05) is 0 Å². The summed E-state index contributed by atoms with van der Waals surface area (Å²) in [5.41, 5.74) is 6.02. The van der Waals surface area contributed by atoms with E-state index in [0.29, 0.717) is 0 Å². The Kier molecular flexibility index (Phi) is 3.33. The van der Waals surface area contributed by atoms with Crippen LogP contribution in [0, 0.1) is 0 Å². The van der Waals surface area contributed by atoms with Crippen molar-refractivity contribution < 1.29 is 13.2 Å².